The summed E-state index contributed by atoms with van der Waals surface area (Å²) in [6.45, 7) is 10.9. The standard InChI is InChI=1S/C20H32O/c1-15(2)19-13-17(4)10-7-6-9-16(3)11-8-12-18(5)20(21)14-19/h7,9-10,12-13,15,19-21H,6,8,11,14H2,1-5H3/b10-7-,16-9+,17-13+,18-12+/t19-,20-/m0/s1. The Morgan fingerprint density at radius 1 is 1.14 bits per heavy atom. The Morgan fingerprint density at radius 2 is 1.86 bits per heavy atom. The monoisotopic (exact) mass is 288 g/mol. The van der Waals surface area contributed by atoms with E-state index in [0.29, 0.717) is 11.8 Å². The van der Waals surface area contributed by atoms with Gasteiger partial charge in [0.05, 0.1) is 6.10 Å². The highest BCUT2D eigenvalue weighted by atomic mass is 16.3. The van der Waals surface area contributed by atoms with E-state index in [1.807, 2.05) is 0 Å². The third-order valence-electron chi connectivity index (χ3n) is 4.34. The molecule has 0 aromatic rings. The molecule has 1 N–H and O–H groups in total. The maximum atomic E-state index is 10.4. The van der Waals surface area contributed by atoms with Gasteiger partial charge in [-0.1, -0.05) is 55.4 Å². The summed E-state index contributed by atoms with van der Waals surface area (Å²) >= 11 is 0. The summed E-state index contributed by atoms with van der Waals surface area (Å²) < 4.78 is 0. The molecular weight excluding hydrogens is 256 g/mol. The molecule has 2 atom stereocenters. The third-order valence-corrected chi connectivity index (χ3v) is 4.34. The molecule has 0 unspecified atom stereocenters. The molecule has 0 aliphatic heterocycles. The lowest BCUT2D eigenvalue weighted by atomic mass is 9.86. The first-order chi connectivity index (χ1) is 9.90. The number of hydrogen-bond acceptors (Lipinski definition) is 1. The Hall–Kier alpha value is -1.08. The van der Waals surface area contributed by atoms with Crippen LogP contribution in [0.5, 0.6) is 0 Å². The zero-order valence-electron chi connectivity index (χ0n) is 14.4. The van der Waals surface area contributed by atoms with E-state index in [-0.39, 0.29) is 6.10 Å². The summed E-state index contributed by atoms with van der Waals surface area (Å²) in [4.78, 5) is 0. The molecule has 0 saturated heterocycles. The molecule has 0 fully saturated rings. The first-order valence-electron chi connectivity index (χ1n) is 8.25. The molecule has 0 radical (unpaired) electrons. The molecule has 118 valence electrons. The van der Waals surface area contributed by atoms with Crippen LogP contribution >= 0.6 is 0 Å². The summed E-state index contributed by atoms with van der Waals surface area (Å²) in [6.07, 6.45) is 14.9. The topological polar surface area (TPSA) is 20.2 Å². The van der Waals surface area contributed by atoms with Crippen LogP contribution in [0.3, 0.4) is 0 Å². The van der Waals surface area contributed by atoms with Crippen molar-refractivity contribution in [2.45, 2.75) is 66.4 Å². The fourth-order valence-corrected chi connectivity index (χ4v) is 2.66. The maximum absolute atomic E-state index is 10.4. The van der Waals surface area contributed by atoms with Crippen molar-refractivity contribution >= 4 is 0 Å². The van der Waals surface area contributed by atoms with Gasteiger partial charge >= 0.3 is 0 Å². The van der Waals surface area contributed by atoms with Gasteiger partial charge in [0.15, 0.2) is 0 Å². The lowest BCUT2D eigenvalue weighted by Crippen LogP contribution is -2.17. The molecule has 0 spiro atoms. The summed E-state index contributed by atoms with van der Waals surface area (Å²) in [5, 5.41) is 10.4. The van der Waals surface area contributed by atoms with Crippen LogP contribution in [0.2, 0.25) is 0 Å². The molecule has 1 heteroatoms. The van der Waals surface area contributed by atoms with Crippen molar-refractivity contribution in [2.75, 3.05) is 0 Å². The summed E-state index contributed by atoms with van der Waals surface area (Å²) in [5.41, 5.74) is 3.84. The van der Waals surface area contributed by atoms with Crippen LogP contribution in [0.1, 0.15) is 60.3 Å². The average Bonchev–Trinajstić information content (AvgIpc) is 2.41. The lowest BCUT2D eigenvalue weighted by molar-refractivity contribution is 0.173. The van der Waals surface area contributed by atoms with Crippen molar-refractivity contribution in [2.24, 2.45) is 11.8 Å². The van der Waals surface area contributed by atoms with Crippen molar-refractivity contribution in [3.8, 4) is 0 Å². The molecule has 1 nitrogen and oxygen atoms in total. The highest BCUT2D eigenvalue weighted by Crippen LogP contribution is 2.24. The second-order valence-corrected chi connectivity index (χ2v) is 6.75. The predicted octanol–water partition coefficient (Wildman–Crippen LogP) is 5.59. The molecule has 0 amide bonds. The van der Waals surface area contributed by atoms with Crippen LogP contribution in [0, 0.1) is 11.8 Å². The van der Waals surface area contributed by atoms with E-state index in [2.05, 4.69) is 65.0 Å². The molecule has 1 aliphatic carbocycles. The Balaban J connectivity index is 2.98. The van der Waals surface area contributed by atoms with Crippen LogP contribution in [0.4, 0.5) is 0 Å². The summed E-state index contributed by atoms with van der Waals surface area (Å²) in [5.74, 6) is 0.971. The Labute approximate surface area is 131 Å². The fraction of sp³-hybridized carbons (Fsp3) is 0.600. The van der Waals surface area contributed by atoms with Gasteiger partial charge in [-0.25, -0.2) is 0 Å². The summed E-state index contributed by atoms with van der Waals surface area (Å²) in [7, 11) is 0. The van der Waals surface area contributed by atoms with E-state index >= 15 is 0 Å². The second-order valence-electron chi connectivity index (χ2n) is 6.75. The van der Waals surface area contributed by atoms with Crippen LogP contribution in [-0.4, -0.2) is 11.2 Å². The normalized spacial score (nSPS) is 34.9. The maximum Gasteiger partial charge on any atom is 0.0753 e. The molecule has 0 saturated carbocycles. The van der Waals surface area contributed by atoms with E-state index in [1.54, 1.807) is 0 Å². The Kier molecular flexibility index (Phi) is 7.74. The molecule has 0 bridgehead atoms. The summed E-state index contributed by atoms with van der Waals surface area (Å²) in [6, 6.07) is 0. The fourth-order valence-electron chi connectivity index (χ4n) is 2.66. The minimum atomic E-state index is -0.322. The minimum absolute atomic E-state index is 0.322. The second kappa shape index (κ2) is 9.04. The number of aliphatic hydroxyl groups excluding tert-OH is 1. The van der Waals surface area contributed by atoms with Crippen molar-refractivity contribution in [3.05, 3.63) is 47.1 Å². The van der Waals surface area contributed by atoms with Gasteiger partial charge in [-0.3, -0.25) is 0 Å². The minimum Gasteiger partial charge on any atom is -0.389 e. The number of allylic oxidation sites excluding steroid dienone is 7. The zero-order chi connectivity index (χ0) is 15.8. The van der Waals surface area contributed by atoms with Crippen LogP contribution in [0.25, 0.3) is 0 Å². The first-order valence-corrected chi connectivity index (χ1v) is 8.25. The van der Waals surface area contributed by atoms with Gasteiger partial charge in [0.25, 0.3) is 0 Å². The van der Waals surface area contributed by atoms with Crippen LogP contribution in [-0.2, 0) is 0 Å². The van der Waals surface area contributed by atoms with Gasteiger partial charge in [0.2, 0.25) is 0 Å². The molecule has 1 aliphatic rings. The molecular formula is C20H32O. The number of rotatable bonds is 1. The van der Waals surface area contributed by atoms with Crippen LogP contribution in [0.15, 0.2) is 47.1 Å². The SMILES string of the molecule is CC1=C\[C@H](C(C)C)C[C@H](O)/C(C)=C/CC/C(C)=C/C/C=C\1. The molecule has 1 rings (SSSR count). The van der Waals surface area contributed by atoms with E-state index < -0.39 is 0 Å². The van der Waals surface area contributed by atoms with Gasteiger partial charge in [0.1, 0.15) is 0 Å². The highest BCUT2D eigenvalue weighted by molar-refractivity contribution is 5.19. The van der Waals surface area contributed by atoms with Crippen molar-refractivity contribution < 1.29 is 5.11 Å². The lowest BCUT2D eigenvalue weighted by Gasteiger charge is -2.22. The molecule has 0 aromatic heterocycles. The first kappa shape index (κ1) is 18.0. The quantitative estimate of drug-likeness (QED) is 0.624. The predicted molar refractivity (Wildman–Crippen MR) is 93.2 cm³/mol. The van der Waals surface area contributed by atoms with E-state index in [4.69, 9.17) is 0 Å². The number of aliphatic hydroxyl groups is 1. The van der Waals surface area contributed by atoms with E-state index in [0.717, 1.165) is 31.3 Å². The van der Waals surface area contributed by atoms with E-state index in [9.17, 15) is 5.11 Å². The zero-order valence-corrected chi connectivity index (χ0v) is 14.4. The molecule has 0 heterocycles. The van der Waals surface area contributed by atoms with Gasteiger partial charge in [-0.15, -0.1) is 0 Å². The van der Waals surface area contributed by atoms with Gasteiger partial charge in [-0.05, 0) is 63.9 Å². The smallest absolute Gasteiger partial charge is 0.0753 e. The molecule has 21 heavy (non-hydrogen) atoms. The number of hydrogen-bond donors (Lipinski definition) is 1. The highest BCUT2D eigenvalue weighted by Gasteiger charge is 2.17. The third kappa shape index (κ3) is 6.95. The Morgan fingerprint density at radius 3 is 2.52 bits per heavy atom. The average molecular weight is 288 g/mol. The molecule has 0 aromatic carbocycles. The van der Waals surface area contributed by atoms with Crippen LogP contribution < -0.4 is 0 Å². The van der Waals surface area contributed by atoms with Gasteiger partial charge in [0, 0.05) is 0 Å². The van der Waals surface area contributed by atoms with Gasteiger partial charge < -0.3 is 5.11 Å². The van der Waals surface area contributed by atoms with E-state index in [1.165, 1.54) is 11.1 Å². The van der Waals surface area contributed by atoms with Gasteiger partial charge in [-0.2, -0.15) is 0 Å². The van der Waals surface area contributed by atoms with Crippen molar-refractivity contribution in [1.82, 2.24) is 0 Å². The Bertz CT molecular complexity index is 435. The van der Waals surface area contributed by atoms with Crippen molar-refractivity contribution in [1.29, 1.82) is 0 Å². The van der Waals surface area contributed by atoms with Crippen molar-refractivity contribution in [3.63, 3.8) is 0 Å². The largest absolute Gasteiger partial charge is 0.389 e.